The molecule has 20 heavy (non-hydrogen) atoms. The molecule has 96 valence electrons. The summed E-state index contributed by atoms with van der Waals surface area (Å²) < 4.78 is 0. The van der Waals surface area contributed by atoms with Crippen molar-refractivity contribution in [3.05, 3.63) is 96.1 Å². The zero-order valence-electron chi connectivity index (χ0n) is 11.1. The van der Waals surface area contributed by atoms with Gasteiger partial charge in [0.2, 0.25) is 0 Å². The summed E-state index contributed by atoms with van der Waals surface area (Å²) in [5.41, 5.74) is 5.31. The molecule has 0 spiro atoms. The second kappa shape index (κ2) is 4.53. The van der Waals surface area contributed by atoms with E-state index >= 15 is 0 Å². The third-order valence-corrected chi connectivity index (χ3v) is 3.90. The molecule has 0 bridgehead atoms. The van der Waals surface area contributed by atoms with E-state index in [0.717, 1.165) is 0 Å². The predicted molar refractivity (Wildman–Crippen MR) is 83.3 cm³/mol. The highest BCUT2D eigenvalue weighted by molar-refractivity contribution is 5.78. The van der Waals surface area contributed by atoms with Gasteiger partial charge in [-0.25, -0.2) is 0 Å². The molecule has 0 aromatic heterocycles. The van der Waals surface area contributed by atoms with E-state index < -0.39 is 0 Å². The van der Waals surface area contributed by atoms with Crippen LogP contribution in [0.2, 0.25) is 0 Å². The van der Waals surface area contributed by atoms with Gasteiger partial charge in [-0.2, -0.15) is 0 Å². The van der Waals surface area contributed by atoms with Crippen molar-refractivity contribution in [1.82, 2.24) is 0 Å². The molecule has 1 atom stereocenters. The van der Waals surface area contributed by atoms with Crippen LogP contribution in [-0.4, -0.2) is 0 Å². The highest BCUT2D eigenvalue weighted by Crippen LogP contribution is 2.50. The van der Waals surface area contributed by atoms with Gasteiger partial charge < -0.3 is 4.90 Å². The van der Waals surface area contributed by atoms with E-state index in [2.05, 4.69) is 89.8 Å². The molecule has 1 heteroatoms. The Kier molecular flexibility index (Phi) is 2.56. The molecule has 1 aliphatic heterocycles. The molecule has 0 aliphatic carbocycles. The third kappa shape index (κ3) is 1.64. The fraction of sp³-hybridized carbons (Fsp3) is 0.0526. The van der Waals surface area contributed by atoms with Crippen molar-refractivity contribution in [2.45, 2.75) is 6.04 Å². The molecule has 3 aromatic carbocycles. The molecule has 0 radical (unpaired) electrons. The van der Waals surface area contributed by atoms with Crippen LogP contribution in [-0.2, 0) is 0 Å². The van der Waals surface area contributed by atoms with Crippen LogP contribution < -0.4 is 4.90 Å². The Morgan fingerprint density at radius 1 is 0.600 bits per heavy atom. The summed E-state index contributed by atoms with van der Waals surface area (Å²) in [5, 5.41) is 0. The highest BCUT2D eigenvalue weighted by Gasteiger charge is 2.35. The molecular formula is C19H15N. The van der Waals surface area contributed by atoms with Crippen LogP contribution in [0.15, 0.2) is 84.9 Å². The van der Waals surface area contributed by atoms with E-state index in [1.54, 1.807) is 0 Å². The number of para-hydroxylation sites is 2. The molecule has 1 heterocycles. The molecule has 0 saturated heterocycles. The van der Waals surface area contributed by atoms with Crippen molar-refractivity contribution < 1.29 is 0 Å². The van der Waals surface area contributed by atoms with Gasteiger partial charge in [-0.3, -0.25) is 0 Å². The van der Waals surface area contributed by atoms with Gasteiger partial charge in [0.05, 0.1) is 6.04 Å². The first kappa shape index (κ1) is 11.3. The van der Waals surface area contributed by atoms with E-state index in [-0.39, 0.29) is 0 Å². The summed E-state index contributed by atoms with van der Waals surface area (Å²) in [7, 11) is 0. The molecule has 3 aromatic rings. The number of fused-ring (bicyclic) bond motifs is 1. The van der Waals surface area contributed by atoms with E-state index in [0.29, 0.717) is 6.04 Å². The van der Waals surface area contributed by atoms with Gasteiger partial charge in [0, 0.05) is 16.9 Å². The van der Waals surface area contributed by atoms with Gasteiger partial charge in [-0.05, 0) is 23.8 Å². The van der Waals surface area contributed by atoms with Crippen molar-refractivity contribution in [2.75, 3.05) is 4.90 Å². The van der Waals surface area contributed by atoms with Gasteiger partial charge in [0.1, 0.15) is 0 Å². The topological polar surface area (TPSA) is 3.24 Å². The Morgan fingerprint density at radius 2 is 1.20 bits per heavy atom. The van der Waals surface area contributed by atoms with Gasteiger partial charge in [-0.1, -0.05) is 66.7 Å². The fourth-order valence-electron chi connectivity index (χ4n) is 2.99. The maximum Gasteiger partial charge on any atom is 0.0865 e. The number of rotatable bonds is 2. The number of hydrogen-bond acceptors (Lipinski definition) is 1. The lowest BCUT2D eigenvalue weighted by Crippen LogP contribution is -2.34. The summed E-state index contributed by atoms with van der Waals surface area (Å²) in [6.45, 7) is 0. The van der Waals surface area contributed by atoms with E-state index in [4.69, 9.17) is 0 Å². The Balaban J connectivity index is 1.85. The quantitative estimate of drug-likeness (QED) is 0.629. The number of nitrogens with zero attached hydrogens (tertiary/aromatic N) is 1. The van der Waals surface area contributed by atoms with Crippen LogP contribution in [0.3, 0.4) is 0 Å². The number of hydrogen-bond donors (Lipinski definition) is 0. The molecule has 0 amide bonds. The zero-order chi connectivity index (χ0) is 13.4. The smallest absolute Gasteiger partial charge is 0.0865 e. The van der Waals surface area contributed by atoms with Crippen LogP contribution in [0, 0.1) is 0 Å². The van der Waals surface area contributed by atoms with E-state index in [9.17, 15) is 0 Å². The molecule has 0 N–H and O–H groups in total. The Labute approximate surface area is 119 Å². The summed E-state index contributed by atoms with van der Waals surface area (Å²) in [4.78, 5) is 2.41. The Hall–Kier alpha value is -2.54. The average Bonchev–Trinajstić information content (AvgIpc) is 2.51. The second-order valence-corrected chi connectivity index (χ2v) is 5.08. The summed E-state index contributed by atoms with van der Waals surface area (Å²) in [6, 6.07) is 30.3. The van der Waals surface area contributed by atoms with Crippen LogP contribution in [0.5, 0.6) is 0 Å². The first-order chi connectivity index (χ1) is 9.95. The molecule has 1 unspecified atom stereocenters. The minimum absolute atomic E-state index is 0.329. The maximum absolute atomic E-state index is 2.41. The van der Waals surface area contributed by atoms with Crippen molar-refractivity contribution in [3.63, 3.8) is 0 Å². The van der Waals surface area contributed by atoms with Gasteiger partial charge in [0.15, 0.2) is 0 Å². The van der Waals surface area contributed by atoms with Crippen LogP contribution >= 0.6 is 0 Å². The molecule has 1 nitrogen and oxygen atoms in total. The van der Waals surface area contributed by atoms with Crippen molar-refractivity contribution in [1.29, 1.82) is 0 Å². The van der Waals surface area contributed by atoms with E-state index in [1.165, 1.54) is 22.5 Å². The molecule has 0 fully saturated rings. The van der Waals surface area contributed by atoms with Gasteiger partial charge in [-0.15, -0.1) is 0 Å². The van der Waals surface area contributed by atoms with Crippen LogP contribution in [0.1, 0.15) is 17.2 Å². The van der Waals surface area contributed by atoms with Crippen molar-refractivity contribution in [3.8, 4) is 0 Å². The highest BCUT2D eigenvalue weighted by atomic mass is 15.2. The summed E-state index contributed by atoms with van der Waals surface area (Å²) >= 11 is 0. The fourth-order valence-corrected chi connectivity index (χ4v) is 2.99. The number of anilines is 2. The lowest BCUT2D eigenvalue weighted by Gasteiger charge is -2.45. The summed E-state index contributed by atoms with van der Waals surface area (Å²) in [6.07, 6.45) is 0. The second-order valence-electron chi connectivity index (χ2n) is 5.08. The van der Waals surface area contributed by atoms with Crippen molar-refractivity contribution >= 4 is 11.4 Å². The minimum atomic E-state index is 0.329. The molecule has 0 saturated carbocycles. The molecular weight excluding hydrogens is 242 g/mol. The Bertz CT molecular complexity index is 655. The van der Waals surface area contributed by atoms with Gasteiger partial charge >= 0.3 is 0 Å². The monoisotopic (exact) mass is 257 g/mol. The standard InChI is InChI=1S/C19H15N/c1-3-9-15(10-4-1)19-17-13-7-8-14-18(17)20(19)16-11-5-2-6-12-16/h1-14,19H. The van der Waals surface area contributed by atoms with Crippen LogP contribution in [0.25, 0.3) is 0 Å². The normalized spacial score (nSPS) is 16.4. The first-order valence-electron chi connectivity index (χ1n) is 6.93. The average molecular weight is 257 g/mol. The lowest BCUT2D eigenvalue weighted by atomic mass is 9.87. The first-order valence-corrected chi connectivity index (χ1v) is 6.93. The maximum atomic E-state index is 2.41. The van der Waals surface area contributed by atoms with Crippen molar-refractivity contribution in [2.24, 2.45) is 0 Å². The number of benzene rings is 3. The zero-order valence-corrected chi connectivity index (χ0v) is 11.1. The molecule has 4 rings (SSSR count). The predicted octanol–water partition coefficient (Wildman–Crippen LogP) is 4.93. The molecule has 1 aliphatic rings. The minimum Gasteiger partial charge on any atom is -0.329 e. The third-order valence-electron chi connectivity index (χ3n) is 3.90. The van der Waals surface area contributed by atoms with Gasteiger partial charge in [0.25, 0.3) is 0 Å². The van der Waals surface area contributed by atoms with Crippen LogP contribution in [0.4, 0.5) is 11.4 Å². The Morgan fingerprint density at radius 3 is 1.95 bits per heavy atom. The lowest BCUT2D eigenvalue weighted by molar-refractivity contribution is 0.747. The summed E-state index contributed by atoms with van der Waals surface area (Å²) in [5.74, 6) is 0. The largest absolute Gasteiger partial charge is 0.329 e. The SMILES string of the molecule is c1ccc(C2c3ccccc3N2c2ccccc2)cc1. The van der Waals surface area contributed by atoms with E-state index in [1.807, 2.05) is 0 Å².